The summed E-state index contributed by atoms with van der Waals surface area (Å²) in [6.45, 7) is 0. The number of fused-ring (bicyclic) bond motifs is 4. The average Bonchev–Trinajstić information content (AvgIpc) is 2.69. The van der Waals surface area contributed by atoms with Crippen molar-refractivity contribution < 1.29 is 9.21 Å². The van der Waals surface area contributed by atoms with Gasteiger partial charge in [0.2, 0.25) is 0 Å². The number of carbonyl (C=O) groups excluding carboxylic acids is 1. The Morgan fingerprint density at radius 1 is 1.33 bits per heavy atom. The maximum Gasteiger partial charge on any atom is 0.169 e. The lowest BCUT2D eigenvalue weighted by molar-refractivity contribution is 0.0910. The SMILES string of the molecule is O=C1c2ccoc2C2CCC1C2. The molecule has 0 N–H and O–H groups in total. The monoisotopic (exact) mass is 162 g/mol. The highest BCUT2D eigenvalue weighted by atomic mass is 16.3. The molecule has 2 nitrogen and oxygen atoms in total. The zero-order valence-electron chi connectivity index (χ0n) is 6.75. The van der Waals surface area contributed by atoms with E-state index in [0.717, 1.165) is 30.6 Å². The minimum absolute atomic E-state index is 0.306. The van der Waals surface area contributed by atoms with E-state index < -0.39 is 0 Å². The molecule has 12 heavy (non-hydrogen) atoms. The summed E-state index contributed by atoms with van der Waals surface area (Å²) in [6.07, 6.45) is 4.87. The number of ketones is 1. The Kier molecular flexibility index (Phi) is 1.08. The number of carbonyl (C=O) groups is 1. The molecule has 2 atom stereocenters. The Bertz CT molecular complexity index is 337. The molecular formula is C10H10O2. The fourth-order valence-corrected chi connectivity index (χ4v) is 2.52. The van der Waals surface area contributed by atoms with Crippen molar-refractivity contribution >= 4 is 5.78 Å². The van der Waals surface area contributed by atoms with E-state index >= 15 is 0 Å². The van der Waals surface area contributed by atoms with Crippen molar-refractivity contribution in [3.63, 3.8) is 0 Å². The van der Waals surface area contributed by atoms with E-state index in [0.29, 0.717) is 17.6 Å². The van der Waals surface area contributed by atoms with E-state index in [2.05, 4.69) is 0 Å². The summed E-state index contributed by atoms with van der Waals surface area (Å²) in [4.78, 5) is 11.7. The molecular weight excluding hydrogens is 152 g/mol. The molecule has 2 bridgehead atoms. The van der Waals surface area contributed by atoms with Gasteiger partial charge in [-0.2, -0.15) is 0 Å². The third-order valence-electron chi connectivity index (χ3n) is 3.13. The van der Waals surface area contributed by atoms with Crippen molar-refractivity contribution in [3.8, 4) is 0 Å². The van der Waals surface area contributed by atoms with E-state index in [1.165, 1.54) is 0 Å². The van der Waals surface area contributed by atoms with Crippen LogP contribution in [0.1, 0.15) is 41.3 Å². The second-order valence-corrected chi connectivity index (χ2v) is 3.77. The highest BCUT2D eigenvalue weighted by Crippen LogP contribution is 2.46. The molecule has 62 valence electrons. The fourth-order valence-electron chi connectivity index (χ4n) is 2.52. The smallest absolute Gasteiger partial charge is 0.169 e. The van der Waals surface area contributed by atoms with Gasteiger partial charge < -0.3 is 4.42 Å². The van der Waals surface area contributed by atoms with E-state index in [1.54, 1.807) is 6.26 Å². The molecule has 2 aliphatic carbocycles. The summed E-state index contributed by atoms with van der Waals surface area (Å²) in [5, 5.41) is 0. The number of Topliss-reactive ketones (excluding diaryl/α,β-unsaturated/α-hetero) is 1. The molecule has 0 aromatic carbocycles. The molecule has 1 fully saturated rings. The van der Waals surface area contributed by atoms with Gasteiger partial charge in [0.25, 0.3) is 0 Å². The quantitative estimate of drug-likeness (QED) is 0.586. The molecule has 2 aliphatic rings. The lowest BCUT2D eigenvalue weighted by atomic mass is 9.87. The highest BCUT2D eigenvalue weighted by Gasteiger charge is 2.40. The van der Waals surface area contributed by atoms with Crippen LogP contribution < -0.4 is 0 Å². The minimum Gasteiger partial charge on any atom is -0.468 e. The lowest BCUT2D eigenvalue weighted by Crippen LogP contribution is -2.17. The average molecular weight is 162 g/mol. The standard InChI is InChI=1S/C10H10O2/c11-9-6-1-2-7(5-6)10-8(9)3-4-12-10/h3-4,6-7H,1-2,5H2. The van der Waals surface area contributed by atoms with Crippen molar-refractivity contribution in [1.29, 1.82) is 0 Å². The van der Waals surface area contributed by atoms with Crippen LogP contribution in [0.3, 0.4) is 0 Å². The van der Waals surface area contributed by atoms with Crippen LogP contribution in [0.25, 0.3) is 0 Å². The first-order valence-electron chi connectivity index (χ1n) is 4.48. The number of hydrogen-bond donors (Lipinski definition) is 0. The van der Waals surface area contributed by atoms with Gasteiger partial charge in [-0.05, 0) is 25.3 Å². The molecule has 2 heteroatoms. The first kappa shape index (κ1) is 6.46. The Labute approximate surface area is 70.6 Å². The third-order valence-corrected chi connectivity index (χ3v) is 3.13. The predicted octanol–water partition coefficient (Wildman–Crippen LogP) is 2.36. The Morgan fingerprint density at radius 2 is 2.17 bits per heavy atom. The molecule has 3 rings (SSSR count). The second-order valence-electron chi connectivity index (χ2n) is 3.77. The molecule has 1 saturated carbocycles. The summed E-state index contributed by atoms with van der Waals surface area (Å²) in [5.74, 6) is 2.11. The van der Waals surface area contributed by atoms with Crippen LogP contribution in [0.2, 0.25) is 0 Å². The number of furan rings is 1. The largest absolute Gasteiger partial charge is 0.468 e. The van der Waals surface area contributed by atoms with Crippen molar-refractivity contribution in [3.05, 3.63) is 23.7 Å². The summed E-state index contributed by atoms with van der Waals surface area (Å²) < 4.78 is 5.34. The molecule has 1 aromatic heterocycles. The zero-order valence-corrected chi connectivity index (χ0v) is 6.75. The van der Waals surface area contributed by atoms with Crippen molar-refractivity contribution in [2.75, 3.05) is 0 Å². The Balaban J connectivity index is 2.21. The number of hydrogen-bond acceptors (Lipinski definition) is 2. The van der Waals surface area contributed by atoms with E-state index in [-0.39, 0.29) is 0 Å². The van der Waals surface area contributed by atoms with Crippen LogP contribution in [0.5, 0.6) is 0 Å². The van der Waals surface area contributed by atoms with Crippen molar-refractivity contribution in [2.45, 2.75) is 25.2 Å². The molecule has 0 spiro atoms. The van der Waals surface area contributed by atoms with Gasteiger partial charge in [-0.15, -0.1) is 0 Å². The lowest BCUT2D eigenvalue weighted by Gasteiger charge is -2.15. The van der Waals surface area contributed by atoms with E-state index in [4.69, 9.17) is 4.42 Å². The highest BCUT2D eigenvalue weighted by molar-refractivity contribution is 6.00. The van der Waals surface area contributed by atoms with Crippen LogP contribution in [0.4, 0.5) is 0 Å². The van der Waals surface area contributed by atoms with Gasteiger partial charge in [0, 0.05) is 11.8 Å². The first-order chi connectivity index (χ1) is 5.86. The minimum atomic E-state index is 0.306. The molecule has 1 aromatic rings. The first-order valence-corrected chi connectivity index (χ1v) is 4.48. The van der Waals surface area contributed by atoms with Crippen LogP contribution in [0, 0.1) is 5.92 Å². The summed E-state index contributed by atoms with van der Waals surface area (Å²) in [5.41, 5.74) is 0.855. The second kappa shape index (κ2) is 2.00. The van der Waals surface area contributed by atoms with Gasteiger partial charge in [0.15, 0.2) is 5.78 Å². The zero-order chi connectivity index (χ0) is 8.13. The third kappa shape index (κ3) is 0.631. The van der Waals surface area contributed by atoms with Crippen LogP contribution >= 0.6 is 0 Å². The Morgan fingerprint density at radius 3 is 3.08 bits per heavy atom. The molecule has 2 unspecified atom stereocenters. The van der Waals surface area contributed by atoms with E-state index in [1.807, 2.05) is 6.07 Å². The summed E-state index contributed by atoms with van der Waals surface area (Å²) in [7, 11) is 0. The van der Waals surface area contributed by atoms with Gasteiger partial charge in [-0.1, -0.05) is 0 Å². The number of rotatable bonds is 0. The molecule has 0 saturated heterocycles. The van der Waals surface area contributed by atoms with E-state index in [9.17, 15) is 4.79 Å². The molecule has 1 heterocycles. The summed E-state index contributed by atoms with van der Waals surface area (Å²) >= 11 is 0. The van der Waals surface area contributed by atoms with Crippen LogP contribution in [-0.4, -0.2) is 5.78 Å². The van der Waals surface area contributed by atoms with Crippen molar-refractivity contribution in [2.24, 2.45) is 5.92 Å². The molecule has 0 radical (unpaired) electrons. The van der Waals surface area contributed by atoms with Gasteiger partial charge in [-0.3, -0.25) is 4.79 Å². The fraction of sp³-hybridized carbons (Fsp3) is 0.500. The predicted molar refractivity (Wildman–Crippen MR) is 43.1 cm³/mol. The van der Waals surface area contributed by atoms with Crippen LogP contribution in [-0.2, 0) is 0 Å². The van der Waals surface area contributed by atoms with Gasteiger partial charge in [0.05, 0.1) is 11.8 Å². The van der Waals surface area contributed by atoms with Gasteiger partial charge >= 0.3 is 0 Å². The van der Waals surface area contributed by atoms with Gasteiger partial charge in [-0.25, -0.2) is 0 Å². The Hall–Kier alpha value is -1.05. The summed E-state index contributed by atoms with van der Waals surface area (Å²) in [6, 6.07) is 1.82. The topological polar surface area (TPSA) is 30.2 Å². The van der Waals surface area contributed by atoms with Gasteiger partial charge in [0.1, 0.15) is 5.76 Å². The molecule has 0 amide bonds. The maximum atomic E-state index is 11.7. The maximum absolute atomic E-state index is 11.7. The normalized spacial score (nSPS) is 32.2. The van der Waals surface area contributed by atoms with Crippen molar-refractivity contribution in [1.82, 2.24) is 0 Å². The van der Waals surface area contributed by atoms with Crippen LogP contribution in [0.15, 0.2) is 16.7 Å². The molecule has 0 aliphatic heterocycles.